The van der Waals surface area contributed by atoms with E-state index in [1.807, 2.05) is 0 Å². The fourth-order valence-corrected chi connectivity index (χ4v) is 14.6. The lowest BCUT2D eigenvalue weighted by Crippen LogP contribution is -2.65. The molecule has 604 valence electrons. The topological polar surface area (TPSA) is 228 Å². The summed E-state index contributed by atoms with van der Waals surface area (Å²) in [6.07, 6.45) is 82.9. The second kappa shape index (κ2) is 72.5. The van der Waals surface area contributed by atoms with Gasteiger partial charge in [0.25, 0.3) is 0 Å². The molecule has 0 radical (unpaired) electrons. The molecule has 9 N–H and O–H groups in total. The highest BCUT2D eigenvalue weighted by atomic mass is 16.7. The molecule has 0 spiro atoms. The van der Waals surface area contributed by atoms with Crippen LogP contribution in [0.3, 0.4) is 0 Å². The maximum atomic E-state index is 13.4. The largest absolute Gasteiger partial charge is 0.394 e. The van der Waals surface area contributed by atoms with Crippen LogP contribution in [0, 0.1) is 0 Å². The molecule has 2 saturated heterocycles. The van der Waals surface area contributed by atoms with Gasteiger partial charge in [-0.15, -0.1) is 0 Å². The Kier molecular flexibility index (Phi) is 68.2. The summed E-state index contributed by atoms with van der Waals surface area (Å²) >= 11 is 0. The maximum Gasteiger partial charge on any atom is 0.220 e. The van der Waals surface area contributed by atoms with Gasteiger partial charge in [-0.3, -0.25) is 4.79 Å². The summed E-state index contributed by atoms with van der Waals surface area (Å²) in [4.78, 5) is 13.4. The zero-order chi connectivity index (χ0) is 74.4. The Bertz CT molecular complexity index is 1960. The summed E-state index contributed by atoms with van der Waals surface area (Å²) in [6, 6.07) is -0.831. The number of ether oxygens (including phenoxy) is 4. The lowest BCUT2D eigenvalue weighted by molar-refractivity contribution is -0.359. The lowest BCUT2D eigenvalue weighted by atomic mass is 9.97. The molecule has 2 aliphatic heterocycles. The molecule has 14 nitrogen and oxygen atoms in total. The summed E-state index contributed by atoms with van der Waals surface area (Å²) in [5.41, 5.74) is 0. The van der Waals surface area contributed by atoms with Gasteiger partial charge in [-0.05, 0) is 57.8 Å². The van der Waals surface area contributed by atoms with Gasteiger partial charge in [-0.1, -0.05) is 402 Å². The van der Waals surface area contributed by atoms with Crippen molar-refractivity contribution in [2.75, 3.05) is 19.8 Å². The van der Waals surface area contributed by atoms with Crippen LogP contribution in [-0.2, 0) is 23.7 Å². The van der Waals surface area contributed by atoms with E-state index < -0.39 is 86.8 Å². The zero-order valence-electron chi connectivity index (χ0n) is 66.6. The van der Waals surface area contributed by atoms with Crippen LogP contribution in [0.5, 0.6) is 0 Å². The van der Waals surface area contributed by atoms with Crippen molar-refractivity contribution >= 4 is 5.91 Å². The molecule has 12 atom stereocenters. The van der Waals surface area contributed by atoms with Crippen molar-refractivity contribution in [2.45, 2.75) is 479 Å². The molecule has 12 unspecified atom stereocenters. The SMILES string of the molecule is CC/C=C\C/C=C\C/C=C\C/C=C\C/C=C\CCCCCCCCCCCCCCCCCCCCCCCCCC(=O)NC(COC1OC(CO)C(OC2OC(CO)C(O)C(O)C2O)C(O)C1O)C(O)CCCCCCCCCCCCCCCCCCCCCCCCCCCCCCCC. The first-order valence-electron chi connectivity index (χ1n) is 44.0. The Morgan fingerprint density at radius 1 is 0.359 bits per heavy atom. The van der Waals surface area contributed by atoms with Gasteiger partial charge in [-0.2, -0.15) is 0 Å². The fourth-order valence-electron chi connectivity index (χ4n) is 14.6. The van der Waals surface area contributed by atoms with Gasteiger partial charge in [-0.25, -0.2) is 0 Å². The van der Waals surface area contributed by atoms with Gasteiger partial charge in [0.1, 0.15) is 48.8 Å². The number of nitrogens with one attached hydrogen (secondary N) is 1. The number of aliphatic hydroxyl groups is 8. The Labute approximate surface area is 632 Å². The van der Waals surface area contributed by atoms with Crippen LogP contribution in [-0.4, -0.2) is 140 Å². The zero-order valence-corrected chi connectivity index (χ0v) is 66.6. The number of hydrogen-bond donors (Lipinski definition) is 9. The van der Waals surface area contributed by atoms with Crippen molar-refractivity contribution in [2.24, 2.45) is 0 Å². The smallest absolute Gasteiger partial charge is 0.220 e. The van der Waals surface area contributed by atoms with Gasteiger partial charge in [0.2, 0.25) is 5.91 Å². The number of amides is 1. The number of aliphatic hydroxyl groups excluding tert-OH is 8. The van der Waals surface area contributed by atoms with E-state index in [1.54, 1.807) is 0 Å². The number of unbranched alkanes of at least 4 members (excludes halogenated alkanes) is 52. The highest BCUT2D eigenvalue weighted by Crippen LogP contribution is 2.31. The van der Waals surface area contributed by atoms with E-state index in [-0.39, 0.29) is 12.5 Å². The lowest BCUT2D eigenvalue weighted by Gasteiger charge is -2.46. The Morgan fingerprint density at radius 2 is 0.670 bits per heavy atom. The predicted molar refractivity (Wildman–Crippen MR) is 429 cm³/mol. The van der Waals surface area contributed by atoms with Crippen molar-refractivity contribution < 1.29 is 64.6 Å². The van der Waals surface area contributed by atoms with E-state index in [9.17, 15) is 45.6 Å². The maximum absolute atomic E-state index is 13.4. The van der Waals surface area contributed by atoms with Crippen LogP contribution in [0.15, 0.2) is 60.8 Å². The molecule has 2 heterocycles. The highest BCUT2D eigenvalue weighted by Gasteiger charge is 2.51. The molecule has 0 bridgehead atoms. The number of hydrogen-bond acceptors (Lipinski definition) is 13. The fraction of sp³-hybridized carbons (Fsp3) is 0.876. The van der Waals surface area contributed by atoms with E-state index >= 15 is 0 Å². The second-order valence-electron chi connectivity index (χ2n) is 31.0. The molecule has 2 fully saturated rings. The molecule has 14 heteroatoms. The second-order valence-corrected chi connectivity index (χ2v) is 31.0. The number of carbonyl (C=O) groups is 1. The van der Waals surface area contributed by atoms with Gasteiger partial charge >= 0.3 is 0 Å². The van der Waals surface area contributed by atoms with Crippen LogP contribution in [0.2, 0.25) is 0 Å². The van der Waals surface area contributed by atoms with E-state index in [0.717, 1.165) is 83.5 Å². The quantitative estimate of drug-likeness (QED) is 0.0204. The minimum absolute atomic E-state index is 0.198. The predicted octanol–water partition coefficient (Wildman–Crippen LogP) is 21.1. The molecule has 0 aromatic rings. The Morgan fingerprint density at radius 3 is 1.03 bits per heavy atom. The van der Waals surface area contributed by atoms with Crippen LogP contribution < -0.4 is 5.32 Å². The van der Waals surface area contributed by atoms with E-state index in [2.05, 4.69) is 79.9 Å². The average molecular weight is 1460 g/mol. The first kappa shape index (κ1) is 96.8. The van der Waals surface area contributed by atoms with Gasteiger partial charge in [0.05, 0.1) is 32.0 Å². The Hall–Kier alpha value is -2.31. The van der Waals surface area contributed by atoms with E-state index in [1.165, 1.54) is 295 Å². The molecule has 1 amide bonds. The third-order valence-corrected chi connectivity index (χ3v) is 21.5. The van der Waals surface area contributed by atoms with Crippen LogP contribution in [0.1, 0.15) is 406 Å². The minimum atomic E-state index is -1.78. The average Bonchev–Trinajstić information content (AvgIpc) is 0.791. The summed E-state index contributed by atoms with van der Waals surface area (Å²) < 4.78 is 23.0. The normalized spacial score (nSPS) is 21.8. The molecular formula is C89H165NO13. The summed E-state index contributed by atoms with van der Waals surface area (Å²) in [7, 11) is 0. The molecule has 0 aliphatic carbocycles. The highest BCUT2D eigenvalue weighted by molar-refractivity contribution is 5.76. The molecule has 0 saturated carbocycles. The van der Waals surface area contributed by atoms with Crippen LogP contribution in [0.25, 0.3) is 0 Å². The monoisotopic (exact) mass is 1460 g/mol. The van der Waals surface area contributed by atoms with Gasteiger partial charge < -0.3 is 65.1 Å². The number of allylic oxidation sites excluding steroid dienone is 10. The van der Waals surface area contributed by atoms with Crippen molar-refractivity contribution in [1.29, 1.82) is 0 Å². The number of rotatable bonds is 75. The van der Waals surface area contributed by atoms with E-state index in [4.69, 9.17) is 18.9 Å². The third-order valence-electron chi connectivity index (χ3n) is 21.5. The third kappa shape index (κ3) is 54.9. The summed E-state index contributed by atoms with van der Waals surface area (Å²) in [5.74, 6) is -0.198. The molecular weight excluding hydrogens is 1290 g/mol. The first-order chi connectivity index (χ1) is 50.6. The molecule has 0 aromatic heterocycles. The van der Waals surface area contributed by atoms with E-state index in [0.29, 0.717) is 12.8 Å². The molecule has 2 aliphatic rings. The summed E-state index contributed by atoms with van der Waals surface area (Å²) in [6.45, 7) is 2.82. The van der Waals surface area contributed by atoms with Crippen molar-refractivity contribution in [3.05, 3.63) is 60.8 Å². The van der Waals surface area contributed by atoms with Gasteiger partial charge in [0.15, 0.2) is 12.6 Å². The van der Waals surface area contributed by atoms with Crippen molar-refractivity contribution in [1.82, 2.24) is 5.32 Å². The number of carbonyl (C=O) groups excluding carboxylic acids is 1. The van der Waals surface area contributed by atoms with Crippen molar-refractivity contribution in [3.63, 3.8) is 0 Å². The van der Waals surface area contributed by atoms with Crippen LogP contribution in [0.4, 0.5) is 0 Å². The molecule has 0 aromatic carbocycles. The molecule has 2 rings (SSSR count). The van der Waals surface area contributed by atoms with Crippen molar-refractivity contribution in [3.8, 4) is 0 Å². The minimum Gasteiger partial charge on any atom is -0.394 e. The first-order valence-corrected chi connectivity index (χ1v) is 44.0. The standard InChI is InChI=1S/C89H165NO13/c1-3-5-7-9-11-13-15-17-19-21-23-25-27-29-31-33-35-36-37-38-39-40-41-42-43-45-47-49-51-53-55-57-59-61-63-65-67-69-71-73-81(94)90-77(76-100-88-86(99)84(97)87(80(75-92)102-88)103-89-85(98)83(96)82(95)79(74-91)101-89)78(93)72-70-68-66-64-62-60-58-56-54-52-50-48-46-44-34-32-30-28-26-24-22-20-18-16-14-12-10-8-6-4-2/h5,7,11,13,17,19,23,25,29,31,77-80,82-89,91-93,95-99H,3-4,6,8-10,12,14-16,18,20-22,24,26-28,30,32-76H2,1-2H3,(H,90,94)/b7-5-,13-11-,19-17-,25-23-,31-29-. The Balaban J connectivity index is 1.55. The van der Waals surface area contributed by atoms with Gasteiger partial charge in [0, 0.05) is 6.42 Å². The van der Waals surface area contributed by atoms with Crippen LogP contribution >= 0.6 is 0 Å². The molecule has 103 heavy (non-hydrogen) atoms. The summed E-state index contributed by atoms with van der Waals surface area (Å²) in [5, 5.41) is 88.0.